The van der Waals surface area contributed by atoms with Gasteiger partial charge in [-0.3, -0.25) is 9.48 Å². The lowest BCUT2D eigenvalue weighted by molar-refractivity contribution is -0.111. The molecule has 20 heavy (non-hydrogen) atoms. The van der Waals surface area contributed by atoms with Gasteiger partial charge in [-0.1, -0.05) is 0 Å². The Balaban J connectivity index is 2.02. The number of pyridine rings is 1. The fraction of sp³-hybridized carbons (Fsp3) is 0.0769. The zero-order chi connectivity index (χ0) is 14.5. The Morgan fingerprint density at radius 1 is 1.45 bits per heavy atom. The average molecular weight is 272 g/mol. The molecule has 0 aromatic carbocycles. The Bertz CT molecular complexity index is 676. The molecule has 102 valence electrons. The largest absolute Gasteiger partial charge is 0.478 e. The van der Waals surface area contributed by atoms with E-state index in [2.05, 4.69) is 15.4 Å². The van der Waals surface area contributed by atoms with Gasteiger partial charge >= 0.3 is 5.97 Å². The molecule has 0 spiro atoms. The van der Waals surface area contributed by atoms with Crippen molar-refractivity contribution in [3.63, 3.8) is 0 Å². The van der Waals surface area contributed by atoms with E-state index in [0.29, 0.717) is 0 Å². The lowest BCUT2D eigenvalue weighted by atomic mass is 10.2. The van der Waals surface area contributed by atoms with Gasteiger partial charge in [0.2, 0.25) is 5.91 Å². The Kier molecular flexibility index (Phi) is 3.90. The SMILES string of the molecule is Cn1cc(C=CC(=O)Nc2cc(C(=O)O)ccn2)cn1. The molecular weight excluding hydrogens is 260 g/mol. The maximum Gasteiger partial charge on any atom is 0.335 e. The van der Waals surface area contributed by atoms with Gasteiger partial charge in [0.1, 0.15) is 5.82 Å². The lowest BCUT2D eigenvalue weighted by Gasteiger charge is -2.01. The standard InChI is InChI=1S/C13H12N4O3/c1-17-8-9(7-15-17)2-3-12(18)16-11-6-10(13(19)20)4-5-14-11/h2-8H,1H3,(H,19,20)(H,14,16,18). The van der Waals surface area contributed by atoms with E-state index in [4.69, 9.17) is 5.11 Å². The van der Waals surface area contributed by atoms with Gasteiger partial charge in [-0.05, 0) is 18.2 Å². The van der Waals surface area contributed by atoms with E-state index in [-0.39, 0.29) is 11.4 Å². The highest BCUT2D eigenvalue weighted by atomic mass is 16.4. The van der Waals surface area contributed by atoms with E-state index in [0.717, 1.165) is 5.56 Å². The van der Waals surface area contributed by atoms with Gasteiger partial charge in [-0.15, -0.1) is 0 Å². The first-order valence-corrected chi connectivity index (χ1v) is 5.71. The number of rotatable bonds is 4. The fourth-order valence-corrected chi connectivity index (χ4v) is 1.50. The van der Waals surface area contributed by atoms with E-state index in [9.17, 15) is 9.59 Å². The van der Waals surface area contributed by atoms with Gasteiger partial charge in [0.25, 0.3) is 0 Å². The molecular formula is C13H12N4O3. The summed E-state index contributed by atoms with van der Waals surface area (Å²) >= 11 is 0. The second-order valence-corrected chi connectivity index (χ2v) is 4.00. The number of aryl methyl sites for hydroxylation is 1. The van der Waals surface area contributed by atoms with Gasteiger partial charge in [0.15, 0.2) is 0 Å². The highest BCUT2D eigenvalue weighted by Gasteiger charge is 2.05. The van der Waals surface area contributed by atoms with Crippen molar-refractivity contribution in [2.75, 3.05) is 5.32 Å². The number of aromatic nitrogens is 3. The van der Waals surface area contributed by atoms with E-state index in [1.54, 1.807) is 30.2 Å². The molecule has 2 rings (SSSR count). The number of hydrogen-bond donors (Lipinski definition) is 2. The first-order valence-electron chi connectivity index (χ1n) is 5.71. The van der Waals surface area contributed by atoms with Crippen LogP contribution in [0.4, 0.5) is 5.82 Å². The summed E-state index contributed by atoms with van der Waals surface area (Å²) in [7, 11) is 1.78. The normalized spacial score (nSPS) is 10.7. The van der Waals surface area contributed by atoms with Crippen molar-refractivity contribution >= 4 is 23.8 Å². The molecule has 0 aliphatic rings. The van der Waals surface area contributed by atoms with Crippen LogP contribution in [-0.2, 0) is 11.8 Å². The molecule has 0 saturated carbocycles. The number of nitrogens with zero attached hydrogens (tertiary/aromatic N) is 3. The Morgan fingerprint density at radius 2 is 2.25 bits per heavy atom. The molecule has 2 N–H and O–H groups in total. The predicted octanol–water partition coefficient (Wildman–Crippen LogP) is 1.17. The van der Waals surface area contributed by atoms with Crippen molar-refractivity contribution in [1.29, 1.82) is 0 Å². The van der Waals surface area contributed by atoms with Gasteiger partial charge in [-0.2, -0.15) is 5.10 Å². The maximum absolute atomic E-state index is 11.7. The number of carboxylic acid groups (broad SMARTS) is 1. The highest BCUT2D eigenvalue weighted by molar-refractivity contribution is 6.01. The molecule has 2 aromatic rings. The number of carbonyl (C=O) groups excluding carboxylic acids is 1. The minimum atomic E-state index is -1.08. The van der Waals surface area contributed by atoms with Crippen LogP contribution >= 0.6 is 0 Å². The smallest absolute Gasteiger partial charge is 0.335 e. The van der Waals surface area contributed by atoms with Gasteiger partial charge < -0.3 is 10.4 Å². The zero-order valence-electron chi connectivity index (χ0n) is 10.6. The van der Waals surface area contributed by atoms with Crippen LogP contribution in [0.15, 0.2) is 36.8 Å². The van der Waals surface area contributed by atoms with Crippen molar-refractivity contribution in [2.45, 2.75) is 0 Å². The number of nitrogens with one attached hydrogen (secondary N) is 1. The molecule has 2 aromatic heterocycles. The summed E-state index contributed by atoms with van der Waals surface area (Å²) in [4.78, 5) is 26.3. The third-order valence-corrected chi connectivity index (χ3v) is 2.41. The van der Waals surface area contributed by atoms with E-state index < -0.39 is 11.9 Å². The van der Waals surface area contributed by atoms with Crippen molar-refractivity contribution in [1.82, 2.24) is 14.8 Å². The molecule has 7 nitrogen and oxygen atoms in total. The number of amides is 1. The molecule has 1 amide bonds. The molecule has 0 radical (unpaired) electrons. The molecule has 0 saturated heterocycles. The highest BCUT2D eigenvalue weighted by Crippen LogP contribution is 2.07. The van der Waals surface area contributed by atoms with Crippen LogP contribution in [0.5, 0.6) is 0 Å². The molecule has 0 atom stereocenters. The van der Waals surface area contributed by atoms with Crippen molar-refractivity contribution in [3.05, 3.63) is 47.9 Å². The Hall–Kier alpha value is -2.96. The third kappa shape index (κ3) is 3.52. The second-order valence-electron chi connectivity index (χ2n) is 4.00. The quantitative estimate of drug-likeness (QED) is 0.814. The summed E-state index contributed by atoms with van der Waals surface area (Å²) in [6, 6.07) is 2.64. The van der Waals surface area contributed by atoms with Crippen LogP contribution in [0.2, 0.25) is 0 Å². The summed E-state index contributed by atoms with van der Waals surface area (Å²) < 4.78 is 1.62. The van der Waals surface area contributed by atoms with Crippen LogP contribution in [0, 0.1) is 0 Å². The predicted molar refractivity (Wildman–Crippen MR) is 72.1 cm³/mol. The Morgan fingerprint density at radius 3 is 2.90 bits per heavy atom. The molecule has 0 fully saturated rings. The maximum atomic E-state index is 11.7. The monoisotopic (exact) mass is 272 g/mol. The summed E-state index contributed by atoms with van der Waals surface area (Å²) in [5.41, 5.74) is 0.849. The van der Waals surface area contributed by atoms with Crippen LogP contribution in [0.1, 0.15) is 15.9 Å². The van der Waals surface area contributed by atoms with E-state index in [1.165, 1.54) is 24.4 Å². The molecule has 0 aliphatic heterocycles. The topological polar surface area (TPSA) is 97.1 Å². The summed E-state index contributed by atoms with van der Waals surface area (Å²) in [6.07, 6.45) is 7.62. The summed E-state index contributed by atoms with van der Waals surface area (Å²) in [6.45, 7) is 0. The van der Waals surface area contributed by atoms with Crippen LogP contribution in [0.25, 0.3) is 6.08 Å². The minimum Gasteiger partial charge on any atom is -0.478 e. The van der Waals surface area contributed by atoms with E-state index >= 15 is 0 Å². The fourth-order valence-electron chi connectivity index (χ4n) is 1.50. The number of carbonyl (C=O) groups is 2. The summed E-state index contributed by atoms with van der Waals surface area (Å²) in [5.74, 6) is -1.29. The van der Waals surface area contributed by atoms with Crippen LogP contribution in [-0.4, -0.2) is 31.7 Å². The van der Waals surface area contributed by atoms with Crippen LogP contribution in [0.3, 0.4) is 0 Å². The minimum absolute atomic E-state index is 0.0616. The lowest BCUT2D eigenvalue weighted by Crippen LogP contribution is -2.10. The molecule has 0 bridgehead atoms. The van der Waals surface area contributed by atoms with Crippen molar-refractivity contribution < 1.29 is 14.7 Å². The number of hydrogen-bond acceptors (Lipinski definition) is 4. The molecule has 0 aliphatic carbocycles. The van der Waals surface area contributed by atoms with Crippen molar-refractivity contribution in [3.8, 4) is 0 Å². The van der Waals surface area contributed by atoms with Crippen LogP contribution < -0.4 is 5.32 Å². The number of aromatic carboxylic acids is 1. The third-order valence-electron chi connectivity index (χ3n) is 2.41. The van der Waals surface area contributed by atoms with Gasteiger partial charge in [0, 0.05) is 31.1 Å². The van der Waals surface area contributed by atoms with E-state index in [1.807, 2.05) is 0 Å². The zero-order valence-corrected chi connectivity index (χ0v) is 10.6. The Labute approximate surface area is 114 Å². The van der Waals surface area contributed by atoms with Gasteiger partial charge in [0.05, 0.1) is 11.8 Å². The molecule has 2 heterocycles. The van der Waals surface area contributed by atoms with Gasteiger partial charge in [-0.25, -0.2) is 9.78 Å². The number of anilines is 1. The first-order chi connectivity index (χ1) is 9.54. The molecule has 7 heteroatoms. The first kappa shape index (κ1) is 13.5. The molecule has 0 unspecified atom stereocenters. The van der Waals surface area contributed by atoms with Crippen molar-refractivity contribution in [2.24, 2.45) is 7.05 Å². The number of carboxylic acids is 1. The summed E-state index contributed by atoms with van der Waals surface area (Å²) in [5, 5.41) is 15.3. The average Bonchev–Trinajstić information content (AvgIpc) is 2.82. The second kappa shape index (κ2) is 5.79.